The summed E-state index contributed by atoms with van der Waals surface area (Å²) in [6.07, 6.45) is 1.84. The maximum absolute atomic E-state index is 11.5. The highest BCUT2D eigenvalue weighted by molar-refractivity contribution is 5.49. The maximum Gasteiger partial charge on any atom is 0.210 e. The first-order valence-corrected chi connectivity index (χ1v) is 7.04. The Labute approximate surface area is 121 Å². The first-order valence-electron chi connectivity index (χ1n) is 7.04. The largest absolute Gasteiger partial charge is 0.335 e. The van der Waals surface area contributed by atoms with Gasteiger partial charge in [-0.25, -0.2) is 0 Å². The molecule has 2 atom stereocenters. The molecule has 0 N–H and O–H groups in total. The molecule has 0 saturated heterocycles. The van der Waals surface area contributed by atoms with E-state index >= 15 is 0 Å². The van der Waals surface area contributed by atoms with Gasteiger partial charge in [0.1, 0.15) is 0 Å². The zero-order chi connectivity index (χ0) is 14.4. The third-order valence-electron chi connectivity index (χ3n) is 3.73. The summed E-state index contributed by atoms with van der Waals surface area (Å²) in [5, 5.41) is 0. The lowest BCUT2D eigenvalue weighted by atomic mass is 10.0. The van der Waals surface area contributed by atoms with Crippen molar-refractivity contribution < 1.29 is 4.79 Å². The van der Waals surface area contributed by atoms with Crippen molar-refractivity contribution in [3.8, 4) is 0 Å². The molecule has 0 radical (unpaired) electrons. The van der Waals surface area contributed by atoms with E-state index in [1.54, 1.807) is 0 Å². The highest BCUT2D eigenvalue weighted by atomic mass is 16.1. The van der Waals surface area contributed by atoms with Crippen molar-refractivity contribution in [1.82, 2.24) is 4.90 Å². The Morgan fingerprint density at radius 2 is 1.50 bits per heavy atom. The number of amides is 1. The van der Waals surface area contributed by atoms with Crippen LogP contribution in [0.4, 0.5) is 0 Å². The minimum absolute atomic E-state index is 0.0902. The number of hydrogen-bond donors (Lipinski definition) is 0. The Balaban J connectivity index is 2.09. The minimum Gasteiger partial charge on any atom is -0.335 e. The second kappa shape index (κ2) is 6.90. The number of rotatable bonds is 6. The molecular formula is C18H21NO. The van der Waals surface area contributed by atoms with Crippen LogP contribution in [0.15, 0.2) is 60.7 Å². The van der Waals surface area contributed by atoms with Crippen LogP contribution in [-0.2, 0) is 11.2 Å². The summed E-state index contributed by atoms with van der Waals surface area (Å²) in [6.45, 7) is 4.17. The van der Waals surface area contributed by atoms with E-state index in [2.05, 4.69) is 38.1 Å². The van der Waals surface area contributed by atoms with Crippen molar-refractivity contribution in [1.29, 1.82) is 0 Å². The van der Waals surface area contributed by atoms with Gasteiger partial charge in [-0.3, -0.25) is 4.79 Å². The Morgan fingerprint density at radius 1 is 0.950 bits per heavy atom. The van der Waals surface area contributed by atoms with Gasteiger partial charge in [0.15, 0.2) is 0 Å². The summed E-state index contributed by atoms with van der Waals surface area (Å²) in [4.78, 5) is 13.4. The van der Waals surface area contributed by atoms with E-state index in [-0.39, 0.29) is 12.1 Å². The third kappa shape index (κ3) is 3.47. The topological polar surface area (TPSA) is 20.3 Å². The van der Waals surface area contributed by atoms with E-state index in [4.69, 9.17) is 0 Å². The van der Waals surface area contributed by atoms with Crippen LogP contribution < -0.4 is 0 Å². The van der Waals surface area contributed by atoms with Crippen LogP contribution in [0.3, 0.4) is 0 Å². The SMILES string of the molecule is CC(Cc1ccccc1)N(C=O)C(C)c1ccccc1. The number of benzene rings is 2. The van der Waals surface area contributed by atoms with Crippen molar-refractivity contribution in [2.75, 3.05) is 0 Å². The van der Waals surface area contributed by atoms with Crippen molar-refractivity contribution >= 4 is 6.41 Å². The molecule has 0 aliphatic rings. The van der Waals surface area contributed by atoms with E-state index in [9.17, 15) is 4.79 Å². The first-order chi connectivity index (χ1) is 9.72. The zero-order valence-corrected chi connectivity index (χ0v) is 12.1. The normalized spacial score (nSPS) is 13.5. The fourth-order valence-corrected chi connectivity index (χ4v) is 2.54. The Bertz CT molecular complexity index is 524. The van der Waals surface area contributed by atoms with Gasteiger partial charge in [-0.15, -0.1) is 0 Å². The lowest BCUT2D eigenvalue weighted by Crippen LogP contribution is -2.35. The third-order valence-corrected chi connectivity index (χ3v) is 3.73. The highest BCUT2D eigenvalue weighted by Crippen LogP contribution is 2.22. The molecular weight excluding hydrogens is 246 g/mol. The van der Waals surface area contributed by atoms with Gasteiger partial charge in [-0.2, -0.15) is 0 Å². The summed E-state index contributed by atoms with van der Waals surface area (Å²) in [7, 11) is 0. The smallest absolute Gasteiger partial charge is 0.210 e. The van der Waals surface area contributed by atoms with Crippen LogP contribution in [0.5, 0.6) is 0 Å². The monoisotopic (exact) mass is 267 g/mol. The maximum atomic E-state index is 11.5. The molecule has 2 rings (SSSR count). The molecule has 0 spiro atoms. The molecule has 2 aromatic rings. The minimum atomic E-state index is 0.0902. The molecule has 0 aliphatic heterocycles. The van der Waals surface area contributed by atoms with Crippen molar-refractivity contribution in [2.45, 2.75) is 32.4 Å². The second-order valence-electron chi connectivity index (χ2n) is 5.18. The van der Waals surface area contributed by atoms with E-state index in [1.807, 2.05) is 41.3 Å². The van der Waals surface area contributed by atoms with Crippen LogP contribution >= 0.6 is 0 Å². The highest BCUT2D eigenvalue weighted by Gasteiger charge is 2.19. The molecule has 2 unspecified atom stereocenters. The number of hydrogen-bond acceptors (Lipinski definition) is 1. The number of carbonyl (C=O) groups is 1. The number of nitrogens with zero attached hydrogens (tertiary/aromatic N) is 1. The lowest BCUT2D eigenvalue weighted by molar-refractivity contribution is -0.122. The van der Waals surface area contributed by atoms with Gasteiger partial charge in [0.05, 0.1) is 6.04 Å². The molecule has 2 aromatic carbocycles. The molecule has 0 aliphatic carbocycles. The average Bonchev–Trinajstić information content (AvgIpc) is 2.49. The molecule has 2 nitrogen and oxygen atoms in total. The van der Waals surface area contributed by atoms with Crippen LogP contribution in [0.2, 0.25) is 0 Å². The fourth-order valence-electron chi connectivity index (χ4n) is 2.54. The molecule has 0 saturated carbocycles. The van der Waals surface area contributed by atoms with Gasteiger partial charge in [0.25, 0.3) is 0 Å². The van der Waals surface area contributed by atoms with Crippen molar-refractivity contribution in [3.05, 3.63) is 71.8 Å². The summed E-state index contributed by atoms with van der Waals surface area (Å²) >= 11 is 0. The average molecular weight is 267 g/mol. The second-order valence-corrected chi connectivity index (χ2v) is 5.18. The molecule has 20 heavy (non-hydrogen) atoms. The van der Waals surface area contributed by atoms with Crippen molar-refractivity contribution in [3.63, 3.8) is 0 Å². The standard InChI is InChI=1S/C18H21NO/c1-15(13-17-9-5-3-6-10-17)19(14-20)16(2)18-11-7-4-8-12-18/h3-12,14-16H,13H2,1-2H3. The summed E-state index contributed by atoms with van der Waals surface area (Å²) in [5.74, 6) is 0. The molecule has 1 amide bonds. The quantitative estimate of drug-likeness (QED) is 0.728. The molecule has 0 heterocycles. The van der Waals surface area contributed by atoms with Gasteiger partial charge in [0, 0.05) is 6.04 Å². The Hall–Kier alpha value is -2.09. The Morgan fingerprint density at radius 3 is 2.05 bits per heavy atom. The van der Waals surface area contributed by atoms with Crippen LogP contribution in [0.25, 0.3) is 0 Å². The summed E-state index contributed by atoms with van der Waals surface area (Å²) in [5.41, 5.74) is 2.42. The zero-order valence-electron chi connectivity index (χ0n) is 12.1. The molecule has 0 aromatic heterocycles. The molecule has 0 bridgehead atoms. The number of carbonyl (C=O) groups excluding carboxylic acids is 1. The van der Waals surface area contributed by atoms with Crippen LogP contribution in [-0.4, -0.2) is 17.4 Å². The summed E-state index contributed by atoms with van der Waals surface area (Å²) in [6, 6.07) is 20.7. The van der Waals surface area contributed by atoms with Gasteiger partial charge in [-0.05, 0) is 31.4 Å². The van der Waals surface area contributed by atoms with E-state index in [1.165, 1.54) is 11.1 Å². The van der Waals surface area contributed by atoms with Crippen LogP contribution in [0.1, 0.15) is 31.0 Å². The van der Waals surface area contributed by atoms with Crippen LogP contribution in [0, 0.1) is 0 Å². The predicted molar refractivity (Wildman–Crippen MR) is 82.4 cm³/mol. The van der Waals surface area contributed by atoms with E-state index in [0.29, 0.717) is 0 Å². The van der Waals surface area contributed by atoms with Gasteiger partial charge in [-0.1, -0.05) is 60.7 Å². The van der Waals surface area contributed by atoms with Crippen molar-refractivity contribution in [2.24, 2.45) is 0 Å². The summed E-state index contributed by atoms with van der Waals surface area (Å²) < 4.78 is 0. The van der Waals surface area contributed by atoms with E-state index < -0.39 is 0 Å². The molecule has 0 fully saturated rings. The first kappa shape index (κ1) is 14.3. The Kier molecular flexibility index (Phi) is 4.94. The fraction of sp³-hybridized carbons (Fsp3) is 0.278. The van der Waals surface area contributed by atoms with Gasteiger partial charge in [0.2, 0.25) is 6.41 Å². The lowest BCUT2D eigenvalue weighted by Gasteiger charge is -2.31. The van der Waals surface area contributed by atoms with Gasteiger partial charge < -0.3 is 4.90 Å². The van der Waals surface area contributed by atoms with Gasteiger partial charge >= 0.3 is 0 Å². The predicted octanol–water partition coefficient (Wildman–Crippen LogP) is 3.84. The molecule has 2 heteroatoms. The van der Waals surface area contributed by atoms with E-state index in [0.717, 1.165) is 12.8 Å². The molecule has 104 valence electrons.